The summed E-state index contributed by atoms with van der Waals surface area (Å²) in [5, 5.41) is 10.6. The molecular weight excluding hydrogens is 286 g/mol. The van der Waals surface area contributed by atoms with Gasteiger partial charge in [-0.2, -0.15) is 0 Å². The molecule has 1 aromatic rings. The molecule has 1 rings (SSSR count). The minimum atomic E-state index is 0. The normalized spacial score (nSPS) is 10.9. The second kappa shape index (κ2) is 15.3. The van der Waals surface area contributed by atoms with Crippen LogP contribution in [0.4, 0.5) is 0 Å². The number of hydrogen-bond acceptors (Lipinski definition) is 1. The third-order valence-corrected chi connectivity index (χ3v) is 5.07. The first kappa shape index (κ1) is 21.4. The summed E-state index contributed by atoms with van der Waals surface area (Å²) in [6, 6.07) is 7.68. The largest absolute Gasteiger partial charge is 1.00 e. The molecule has 0 amide bonds. The molecule has 0 aliphatic heterocycles. The summed E-state index contributed by atoms with van der Waals surface area (Å²) in [6.45, 7) is 2.28. The fourth-order valence-corrected chi connectivity index (χ4v) is 3.54. The fourth-order valence-electron chi connectivity index (χ4n) is 2.42. The van der Waals surface area contributed by atoms with Crippen LogP contribution in [0.3, 0.4) is 0 Å². The molecule has 21 heavy (non-hydrogen) atoms. The molecule has 0 saturated carbocycles. The molecule has 0 bridgehead atoms. The second-order valence-electron chi connectivity index (χ2n) is 5.66. The van der Waals surface area contributed by atoms with Crippen molar-refractivity contribution < 1.29 is 36.1 Å². The van der Waals surface area contributed by atoms with Gasteiger partial charge in [0, 0.05) is 0 Å². The molecule has 1 unspecified atom stereocenters. The van der Waals surface area contributed by atoms with E-state index in [2.05, 4.69) is 6.92 Å². The summed E-state index contributed by atoms with van der Waals surface area (Å²) in [6.07, 6.45) is 15.4. The van der Waals surface area contributed by atoms with Gasteiger partial charge in [-0.05, 0) is 30.0 Å². The zero-order chi connectivity index (χ0) is 14.5. The molecular formula is C18H32NaOP. The van der Waals surface area contributed by atoms with Crippen LogP contribution in [-0.2, 0) is 0 Å². The van der Waals surface area contributed by atoms with Crippen molar-refractivity contribution in [3.63, 3.8) is 0 Å². The Kier molecular flexibility index (Phi) is 15.7. The monoisotopic (exact) mass is 318 g/mol. The van der Waals surface area contributed by atoms with Crippen LogP contribution in [0.2, 0.25) is 0 Å². The SMILES string of the molecule is CCCCCCCCCCCCPc1ccc(O)cc1.[H-].[Na+]. The first-order chi connectivity index (χ1) is 9.83. The van der Waals surface area contributed by atoms with Gasteiger partial charge >= 0.3 is 29.6 Å². The maximum absolute atomic E-state index is 9.22. The summed E-state index contributed by atoms with van der Waals surface area (Å²) in [4.78, 5) is 0. The molecule has 0 fully saturated rings. The minimum Gasteiger partial charge on any atom is -1.00 e. The topological polar surface area (TPSA) is 20.2 Å². The second-order valence-corrected chi connectivity index (χ2v) is 7.09. The molecule has 0 radical (unpaired) electrons. The quantitative estimate of drug-likeness (QED) is 0.357. The maximum Gasteiger partial charge on any atom is 1.00 e. The van der Waals surface area contributed by atoms with Crippen molar-refractivity contribution in [1.29, 1.82) is 0 Å². The third kappa shape index (κ3) is 12.7. The zero-order valence-corrected chi connectivity index (χ0v) is 17.0. The molecule has 0 aromatic heterocycles. The van der Waals surface area contributed by atoms with E-state index in [0.717, 1.165) is 8.58 Å². The van der Waals surface area contributed by atoms with Gasteiger partial charge in [-0.15, -0.1) is 0 Å². The average molecular weight is 318 g/mol. The Morgan fingerprint density at radius 3 is 1.81 bits per heavy atom. The molecule has 0 saturated heterocycles. The number of phenolic OH excluding ortho intramolecular Hbond substituents is 1. The number of phenols is 1. The Morgan fingerprint density at radius 2 is 1.29 bits per heavy atom. The average Bonchev–Trinajstić information content (AvgIpc) is 2.47. The van der Waals surface area contributed by atoms with Crippen molar-refractivity contribution in [3.05, 3.63) is 24.3 Å². The van der Waals surface area contributed by atoms with Crippen LogP contribution < -0.4 is 34.9 Å². The van der Waals surface area contributed by atoms with Gasteiger partial charge in [0.2, 0.25) is 0 Å². The van der Waals surface area contributed by atoms with E-state index >= 15 is 0 Å². The first-order valence-corrected chi connectivity index (χ1v) is 9.56. The van der Waals surface area contributed by atoms with Gasteiger partial charge in [0.15, 0.2) is 0 Å². The van der Waals surface area contributed by atoms with Crippen molar-refractivity contribution in [2.75, 3.05) is 6.16 Å². The van der Waals surface area contributed by atoms with Crippen LogP contribution in [0.15, 0.2) is 24.3 Å². The summed E-state index contributed by atoms with van der Waals surface area (Å²) in [7, 11) is 0.902. The Morgan fingerprint density at radius 1 is 0.810 bits per heavy atom. The predicted molar refractivity (Wildman–Crippen MR) is 93.9 cm³/mol. The molecule has 116 valence electrons. The summed E-state index contributed by atoms with van der Waals surface area (Å²) in [5.74, 6) is 0.373. The van der Waals surface area contributed by atoms with E-state index in [9.17, 15) is 5.11 Å². The van der Waals surface area contributed by atoms with E-state index in [-0.39, 0.29) is 31.0 Å². The summed E-state index contributed by atoms with van der Waals surface area (Å²) >= 11 is 0. The standard InChI is InChI=1S/C18H31OP.Na.H/c1-2-3-4-5-6-7-8-9-10-11-16-20-18-14-12-17(19)13-15-18;;/h12-15,19-20H,2-11,16H2,1H3;;/q;+1;-1. The Bertz CT molecular complexity index is 332. The third-order valence-electron chi connectivity index (χ3n) is 3.73. The van der Waals surface area contributed by atoms with Crippen LogP contribution in [0.5, 0.6) is 5.75 Å². The molecule has 1 atom stereocenters. The number of rotatable bonds is 12. The van der Waals surface area contributed by atoms with Crippen LogP contribution >= 0.6 is 8.58 Å². The molecule has 1 nitrogen and oxygen atoms in total. The van der Waals surface area contributed by atoms with Crippen molar-refractivity contribution >= 4 is 13.9 Å². The molecule has 1 N–H and O–H groups in total. The van der Waals surface area contributed by atoms with Crippen LogP contribution in [0.25, 0.3) is 0 Å². The van der Waals surface area contributed by atoms with Crippen LogP contribution in [0.1, 0.15) is 72.6 Å². The maximum atomic E-state index is 9.22. The van der Waals surface area contributed by atoms with E-state index in [0.29, 0.717) is 5.75 Å². The predicted octanol–water partition coefficient (Wildman–Crippen LogP) is 2.73. The van der Waals surface area contributed by atoms with Crippen LogP contribution in [0, 0.1) is 0 Å². The van der Waals surface area contributed by atoms with Gasteiger partial charge in [0.05, 0.1) is 0 Å². The number of unbranched alkanes of at least 4 members (excludes halogenated alkanes) is 9. The van der Waals surface area contributed by atoms with Crippen molar-refractivity contribution in [2.24, 2.45) is 0 Å². The van der Waals surface area contributed by atoms with Gasteiger partial charge in [0.25, 0.3) is 0 Å². The molecule has 1 aromatic carbocycles. The van der Waals surface area contributed by atoms with E-state index in [1.54, 1.807) is 12.1 Å². The van der Waals surface area contributed by atoms with Crippen molar-refractivity contribution in [2.45, 2.75) is 71.1 Å². The number of benzene rings is 1. The van der Waals surface area contributed by atoms with E-state index in [1.807, 2.05) is 12.1 Å². The molecule has 3 heteroatoms. The summed E-state index contributed by atoms with van der Waals surface area (Å²) in [5.41, 5.74) is 0. The fraction of sp³-hybridized carbons (Fsp3) is 0.667. The zero-order valence-electron chi connectivity index (χ0n) is 15.0. The molecule has 0 aliphatic rings. The van der Waals surface area contributed by atoms with Gasteiger partial charge in [-0.1, -0.05) is 85.4 Å². The molecule has 0 spiro atoms. The Labute approximate surface area is 156 Å². The number of hydrogen-bond donors (Lipinski definition) is 1. The van der Waals surface area contributed by atoms with E-state index < -0.39 is 0 Å². The summed E-state index contributed by atoms with van der Waals surface area (Å²) < 4.78 is 0. The van der Waals surface area contributed by atoms with Crippen molar-refractivity contribution in [1.82, 2.24) is 0 Å². The molecule has 0 aliphatic carbocycles. The Balaban J connectivity index is 0. The minimum absolute atomic E-state index is 0. The Hall–Kier alpha value is 0.450. The van der Waals surface area contributed by atoms with Gasteiger partial charge < -0.3 is 6.53 Å². The van der Waals surface area contributed by atoms with Gasteiger partial charge in [0.1, 0.15) is 5.75 Å². The van der Waals surface area contributed by atoms with E-state index in [4.69, 9.17) is 0 Å². The first-order valence-electron chi connectivity index (χ1n) is 8.36. The number of aromatic hydroxyl groups is 1. The smallest absolute Gasteiger partial charge is 1.00 e. The van der Waals surface area contributed by atoms with E-state index in [1.165, 1.54) is 75.7 Å². The molecule has 0 heterocycles. The van der Waals surface area contributed by atoms with Gasteiger partial charge in [-0.3, -0.25) is 0 Å². The van der Waals surface area contributed by atoms with Crippen molar-refractivity contribution in [3.8, 4) is 5.75 Å². The van der Waals surface area contributed by atoms with Gasteiger partial charge in [-0.25, -0.2) is 0 Å². The van der Waals surface area contributed by atoms with Crippen LogP contribution in [-0.4, -0.2) is 11.3 Å².